The van der Waals surface area contributed by atoms with Gasteiger partial charge in [-0.1, -0.05) is 0 Å². The van der Waals surface area contributed by atoms with E-state index in [-0.39, 0.29) is 10.5 Å². The topological polar surface area (TPSA) is 72.5 Å². The molecule has 0 bridgehead atoms. The number of hydrogen-bond acceptors (Lipinski definition) is 4. The molecular formula is C11H13ClFNO4S. The number of methoxy groups -OCH3 is 1. The van der Waals surface area contributed by atoms with E-state index in [9.17, 15) is 17.6 Å². The van der Waals surface area contributed by atoms with Gasteiger partial charge in [-0.25, -0.2) is 12.8 Å². The minimum atomic E-state index is -4.00. The Bertz CT molecular complexity index is 562. The van der Waals surface area contributed by atoms with Crippen molar-refractivity contribution in [1.29, 1.82) is 0 Å². The Hall–Kier alpha value is -1.18. The molecule has 1 aromatic rings. The van der Waals surface area contributed by atoms with Gasteiger partial charge in [-0.3, -0.25) is 4.79 Å². The van der Waals surface area contributed by atoms with Gasteiger partial charge in [-0.2, -0.15) is 0 Å². The Morgan fingerprint density at radius 1 is 1.47 bits per heavy atom. The van der Waals surface area contributed by atoms with Crippen molar-refractivity contribution in [1.82, 2.24) is 5.32 Å². The molecule has 0 heterocycles. The van der Waals surface area contributed by atoms with Crippen LogP contribution in [0.1, 0.15) is 16.8 Å². The van der Waals surface area contributed by atoms with Gasteiger partial charge in [0, 0.05) is 30.9 Å². The smallest absolute Gasteiger partial charge is 0.261 e. The van der Waals surface area contributed by atoms with Crippen LogP contribution >= 0.6 is 10.7 Å². The zero-order chi connectivity index (χ0) is 14.5. The third-order valence-electron chi connectivity index (χ3n) is 2.27. The lowest BCUT2D eigenvalue weighted by Gasteiger charge is -2.07. The number of halogens is 2. The summed E-state index contributed by atoms with van der Waals surface area (Å²) in [5.41, 5.74) is -0.362. The minimum Gasteiger partial charge on any atom is -0.385 e. The highest BCUT2D eigenvalue weighted by atomic mass is 35.7. The normalized spacial score (nSPS) is 11.3. The van der Waals surface area contributed by atoms with E-state index in [0.29, 0.717) is 19.6 Å². The molecule has 1 N–H and O–H groups in total. The van der Waals surface area contributed by atoms with Crippen LogP contribution in [-0.4, -0.2) is 34.6 Å². The molecule has 0 aliphatic heterocycles. The SMILES string of the molecule is COCCCNC(=O)c1cc(S(=O)(=O)Cl)ccc1F. The molecule has 1 amide bonds. The van der Waals surface area contributed by atoms with Crippen molar-refractivity contribution in [2.24, 2.45) is 0 Å². The van der Waals surface area contributed by atoms with E-state index in [2.05, 4.69) is 5.32 Å². The summed E-state index contributed by atoms with van der Waals surface area (Å²) in [6, 6.07) is 2.79. The molecular weight excluding hydrogens is 297 g/mol. The first kappa shape index (κ1) is 15.9. The second kappa shape index (κ2) is 6.83. The van der Waals surface area contributed by atoms with Gasteiger partial charge in [0.2, 0.25) is 0 Å². The zero-order valence-electron chi connectivity index (χ0n) is 10.2. The number of benzene rings is 1. The second-order valence-corrected chi connectivity index (χ2v) is 6.25. The summed E-state index contributed by atoms with van der Waals surface area (Å²) in [6.07, 6.45) is 0.567. The third-order valence-corrected chi connectivity index (χ3v) is 3.63. The minimum absolute atomic E-state index is 0.296. The summed E-state index contributed by atoms with van der Waals surface area (Å²) in [5, 5.41) is 2.46. The molecule has 0 unspecified atom stereocenters. The van der Waals surface area contributed by atoms with E-state index in [1.54, 1.807) is 0 Å². The molecule has 1 rings (SSSR count). The summed E-state index contributed by atoms with van der Waals surface area (Å²) in [7, 11) is 2.66. The van der Waals surface area contributed by atoms with Crippen LogP contribution in [0.3, 0.4) is 0 Å². The van der Waals surface area contributed by atoms with Gasteiger partial charge in [0.1, 0.15) is 5.82 Å². The molecule has 1 aromatic carbocycles. The van der Waals surface area contributed by atoms with E-state index in [1.807, 2.05) is 0 Å². The summed E-state index contributed by atoms with van der Waals surface area (Å²) in [6.45, 7) is 0.753. The maximum atomic E-state index is 13.5. The second-order valence-electron chi connectivity index (χ2n) is 3.68. The molecule has 0 atom stereocenters. The quantitative estimate of drug-likeness (QED) is 0.639. The number of ether oxygens (including phenoxy) is 1. The maximum absolute atomic E-state index is 13.5. The highest BCUT2D eigenvalue weighted by molar-refractivity contribution is 8.13. The zero-order valence-corrected chi connectivity index (χ0v) is 11.7. The molecule has 0 aromatic heterocycles. The standard InChI is InChI=1S/C11H13ClFNO4S/c1-18-6-2-5-14-11(15)9-7-8(19(12,16)17)3-4-10(9)13/h3-4,7H,2,5-6H2,1H3,(H,14,15). The van der Waals surface area contributed by atoms with Gasteiger partial charge < -0.3 is 10.1 Å². The highest BCUT2D eigenvalue weighted by Gasteiger charge is 2.17. The van der Waals surface area contributed by atoms with Crippen molar-refractivity contribution < 1.29 is 22.3 Å². The predicted molar refractivity (Wildman–Crippen MR) is 68.3 cm³/mol. The molecule has 0 saturated heterocycles. The Labute approximate surface area is 115 Å². The van der Waals surface area contributed by atoms with Gasteiger partial charge >= 0.3 is 0 Å². The van der Waals surface area contributed by atoms with Gasteiger partial charge in [-0.15, -0.1) is 0 Å². The van der Waals surface area contributed by atoms with Crippen LogP contribution in [0.2, 0.25) is 0 Å². The monoisotopic (exact) mass is 309 g/mol. The molecule has 19 heavy (non-hydrogen) atoms. The Morgan fingerprint density at radius 3 is 2.74 bits per heavy atom. The van der Waals surface area contributed by atoms with Crippen molar-refractivity contribution in [2.45, 2.75) is 11.3 Å². The molecule has 5 nitrogen and oxygen atoms in total. The molecule has 0 spiro atoms. The van der Waals surface area contributed by atoms with Gasteiger partial charge in [0.05, 0.1) is 10.5 Å². The Balaban J connectivity index is 2.84. The maximum Gasteiger partial charge on any atom is 0.261 e. The van der Waals surface area contributed by atoms with Gasteiger partial charge in [0.15, 0.2) is 0 Å². The van der Waals surface area contributed by atoms with E-state index >= 15 is 0 Å². The first-order valence-corrected chi connectivity index (χ1v) is 7.68. The summed E-state index contributed by atoms with van der Waals surface area (Å²) >= 11 is 0. The van der Waals surface area contributed by atoms with E-state index in [4.69, 9.17) is 15.4 Å². The van der Waals surface area contributed by atoms with Crippen LogP contribution in [-0.2, 0) is 13.8 Å². The van der Waals surface area contributed by atoms with E-state index < -0.39 is 20.8 Å². The third kappa shape index (κ3) is 4.77. The number of carbonyl (C=O) groups excluding carboxylic acids is 1. The molecule has 0 aliphatic carbocycles. The van der Waals surface area contributed by atoms with Crippen molar-refractivity contribution in [2.75, 3.05) is 20.3 Å². The molecule has 8 heteroatoms. The fraction of sp³-hybridized carbons (Fsp3) is 0.364. The summed E-state index contributed by atoms with van der Waals surface area (Å²) in [5.74, 6) is -1.51. The predicted octanol–water partition coefficient (Wildman–Crippen LogP) is 1.52. The number of carbonyl (C=O) groups is 1. The van der Waals surface area contributed by atoms with Crippen LogP contribution in [0.15, 0.2) is 23.1 Å². The number of hydrogen-bond donors (Lipinski definition) is 1. The van der Waals surface area contributed by atoms with E-state index in [1.165, 1.54) is 7.11 Å². The lowest BCUT2D eigenvalue weighted by molar-refractivity contribution is 0.0944. The molecule has 0 aliphatic rings. The first-order chi connectivity index (χ1) is 8.86. The van der Waals surface area contributed by atoms with Crippen LogP contribution in [0.4, 0.5) is 4.39 Å². The molecule has 0 radical (unpaired) electrons. The average molecular weight is 310 g/mol. The van der Waals surface area contributed by atoms with Crippen LogP contribution in [0.25, 0.3) is 0 Å². The summed E-state index contributed by atoms with van der Waals surface area (Å²) in [4.78, 5) is 11.4. The lowest BCUT2D eigenvalue weighted by Crippen LogP contribution is -2.26. The first-order valence-electron chi connectivity index (χ1n) is 5.37. The Morgan fingerprint density at radius 2 is 2.16 bits per heavy atom. The average Bonchev–Trinajstić information content (AvgIpc) is 2.33. The summed E-state index contributed by atoms with van der Waals surface area (Å²) < 4.78 is 40.5. The largest absolute Gasteiger partial charge is 0.385 e. The molecule has 0 fully saturated rings. The molecule has 106 valence electrons. The number of rotatable bonds is 6. The number of amides is 1. The molecule has 0 saturated carbocycles. The van der Waals surface area contributed by atoms with Crippen molar-refractivity contribution in [3.63, 3.8) is 0 Å². The van der Waals surface area contributed by atoms with E-state index in [0.717, 1.165) is 18.2 Å². The fourth-order valence-corrected chi connectivity index (χ4v) is 2.12. The van der Waals surface area contributed by atoms with Crippen molar-refractivity contribution in [3.8, 4) is 0 Å². The fourth-order valence-electron chi connectivity index (χ4n) is 1.34. The van der Waals surface area contributed by atoms with Crippen LogP contribution in [0, 0.1) is 5.82 Å². The van der Waals surface area contributed by atoms with Gasteiger partial charge in [0.25, 0.3) is 15.0 Å². The van der Waals surface area contributed by atoms with Crippen LogP contribution in [0.5, 0.6) is 0 Å². The van der Waals surface area contributed by atoms with Crippen molar-refractivity contribution >= 4 is 25.6 Å². The number of nitrogens with one attached hydrogen (secondary N) is 1. The highest BCUT2D eigenvalue weighted by Crippen LogP contribution is 2.18. The van der Waals surface area contributed by atoms with Gasteiger partial charge in [-0.05, 0) is 24.6 Å². The van der Waals surface area contributed by atoms with Crippen LogP contribution < -0.4 is 5.32 Å². The Kier molecular flexibility index (Phi) is 5.71. The van der Waals surface area contributed by atoms with Crippen molar-refractivity contribution in [3.05, 3.63) is 29.6 Å². The lowest BCUT2D eigenvalue weighted by atomic mass is 10.2.